The first kappa shape index (κ1) is 19.7. The molecule has 0 radical (unpaired) electrons. The van der Waals surface area contributed by atoms with Gasteiger partial charge in [0, 0.05) is 17.8 Å². The molecule has 1 aliphatic carbocycles. The normalized spacial score (nSPS) is 14.1. The highest BCUT2D eigenvalue weighted by atomic mass is 16.5. The Hall–Kier alpha value is -2.56. The lowest BCUT2D eigenvalue weighted by atomic mass is 9.95. The van der Waals surface area contributed by atoms with Crippen molar-refractivity contribution in [1.82, 2.24) is 14.2 Å². The molecule has 5 heteroatoms. The number of aromatic nitrogens is 3. The van der Waals surface area contributed by atoms with Gasteiger partial charge in [0.15, 0.2) is 5.82 Å². The maximum Gasteiger partial charge on any atom is 0.278 e. The Balaban J connectivity index is 2.00. The van der Waals surface area contributed by atoms with E-state index in [9.17, 15) is 4.79 Å². The summed E-state index contributed by atoms with van der Waals surface area (Å²) in [5, 5.41) is 5.01. The molecule has 29 heavy (non-hydrogen) atoms. The molecule has 2 heterocycles. The number of nitrogens with zero attached hydrogens (tertiary/aromatic N) is 3. The molecule has 154 valence electrons. The smallest absolute Gasteiger partial charge is 0.278 e. The zero-order chi connectivity index (χ0) is 20.7. The van der Waals surface area contributed by atoms with Crippen LogP contribution in [-0.2, 0) is 6.54 Å². The Morgan fingerprint density at radius 1 is 1.17 bits per heavy atom. The SMILES string of the molecule is CCC(CC)c1cc(C)n2nc(-c3ccc(OC)cc3C)n(CC3CC3)c(=O)c12. The minimum Gasteiger partial charge on any atom is -0.497 e. The molecule has 0 bridgehead atoms. The van der Waals surface area contributed by atoms with Crippen LogP contribution in [0, 0.1) is 19.8 Å². The summed E-state index contributed by atoms with van der Waals surface area (Å²) in [6, 6.07) is 8.13. The van der Waals surface area contributed by atoms with E-state index in [1.807, 2.05) is 41.1 Å². The zero-order valence-electron chi connectivity index (χ0n) is 18.2. The minimum absolute atomic E-state index is 0.0899. The molecule has 1 saturated carbocycles. The largest absolute Gasteiger partial charge is 0.497 e. The molecule has 0 atom stereocenters. The molecule has 1 aliphatic rings. The van der Waals surface area contributed by atoms with Crippen molar-refractivity contribution in [2.75, 3.05) is 7.11 Å². The first-order chi connectivity index (χ1) is 14.0. The van der Waals surface area contributed by atoms with Crippen LogP contribution in [0.4, 0.5) is 0 Å². The van der Waals surface area contributed by atoms with Crippen LogP contribution in [0.1, 0.15) is 62.3 Å². The summed E-state index contributed by atoms with van der Waals surface area (Å²) in [6.07, 6.45) is 4.43. The molecule has 3 aromatic rings. The van der Waals surface area contributed by atoms with E-state index in [1.54, 1.807) is 7.11 Å². The van der Waals surface area contributed by atoms with E-state index in [2.05, 4.69) is 19.9 Å². The van der Waals surface area contributed by atoms with E-state index < -0.39 is 0 Å². The fourth-order valence-electron chi connectivity index (χ4n) is 4.35. The second-order valence-electron chi connectivity index (χ2n) is 8.38. The minimum atomic E-state index is 0.0899. The second-order valence-corrected chi connectivity index (χ2v) is 8.38. The van der Waals surface area contributed by atoms with Crippen molar-refractivity contribution in [2.24, 2.45) is 5.92 Å². The topological polar surface area (TPSA) is 48.5 Å². The fourth-order valence-corrected chi connectivity index (χ4v) is 4.35. The quantitative estimate of drug-likeness (QED) is 0.561. The van der Waals surface area contributed by atoms with Gasteiger partial charge >= 0.3 is 0 Å². The van der Waals surface area contributed by atoms with E-state index in [0.717, 1.165) is 58.9 Å². The van der Waals surface area contributed by atoms with Gasteiger partial charge in [0.25, 0.3) is 5.56 Å². The average Bonchev–Trinajstić information content (AvgIpc) is 3.47. The molecule has 4 rings (SSSR count). The maximum absolute atomic E-state index is 13.8. The first-order valence-corrected chi connectivity index (χ1v) is 10.8. The van der Waals surface area contributed by atoms with Crippen LogP contribution in [0.2, 0.25) is 0 Å². The molecule has 1 fully saturated rings. The maximum atomic E-state index is 13.8. The second kappa shape index (κ2) is 7.69. The van der Waals surface area contributed by atoms with Gasteiger partial charge in [0.05, 0.1) is 7.11 Å². The monoisotopic (exact) mass is 393 g/mol. The first-order valence-electron chi connectivity index (χ1n) is 10.8. The highest BCUT2D eigenvalue weighted by Crippen LogP contribution is 2.34. The third-order valence-corrected chi connectivity index (χ3v) is 6.32. The van der Waals surface area contributed by atoms with Gasteiger partial charge in [0.2, 0.25) is 0 Å². The van der Waals surface area contributed by atoms with Gasteiger partial charge in [-0.25, -0.2) is 4.52 Å². The van der Waals surface area contributed by atoms with Crippen molar-refractivity contribution >= 4 is 5.52 Å². The molecule has 0 saturated heterocycles. The summed E-state index contributed by atoms with van der Waals surface area (Å²) in [6.45, 7) is 9.22. The van der Waals surface area contributed by atoms with Crippen molar-refractivity contribution < 1.29 is 4.74 Å². The number of hydrogen-bond donors (Lipinski definition) is 0. The Morgan fingerprint density at radius 2 is 1.90 bits per heavy atom. The van der Waals surface area contributed by atoms with Gasteiger partial charge in [-0.2, -0.15) is 0 Å². The number of benzene rings is 1. The lowest BCUT2D eigenvalue weighted by Crippen LogP contribution is -2.28. The summed E-state index contributed by atoms with van der Waals surface area (Å²) in [7, 11) is 1.67. The summed E-state index contributed by atoms with van der Waals surface area (Å²) in [5.74, 6) is 2.54. The highest BCUT2D eigenvalue weighted by molar-refractivity contribution is 5.65. The molecule has 5 nitrogen and oxygen atoms in total. The molecule has 0 unspecified atom stereocenters. The highest BCUT2D eigenvalue weighted by Gasteiger charge is 2.27. The molecule has 2 aromatic heterocycles. The molecule has 0 aliphatic heterocycles. The van der Waals surface area contributed by atoms with Crippen molar-refractivity contribution in [1.29, 1.82) is 0 Å². The molecule has 1 aromatic carbocycles. The molecule has 0 spiro atoms. The third-order valence-electron chi connectivity index (χ3n) is 6.32. The van der Waals surface area contributed by atoms with Gasteiger partial charge in [-0.05, 0) is 86.8 Å². The molecule has 0 N–H and O–H groups in total. The lowest BCUT2D eigenvalue weighted by Gasteiger charge is -2.17. The number of methoxy groups -OCH3 is 1. The van der Waals surface area contributed by atoms with E-state index in [-0.39, 0.29) is 5.56 Å². The lowest BCUT2D eigenvalue weighted by molar-refractivity contribution is 0.414. The van der Waals surface area contributed by atoms with Crippen LogP contribution in [0.15, 0.2) is 29.1 Å². The van der Waals surface area contributed by atoms with Crippen molar-refractivity contribution in [3.8, 4) is 17.1 Å². The van der Waals surface area contributed by atoms with Crippen LogP contribution < -0.4 is 10.3 Å². The van der Waals surface area contributed by atoms with E-state index >= 15 is 0 Å². The predicted octanol–water partition coefficient (Wildman–Crippen LogP) is 5.10. The molecular weight excluding hydrogens is 362 g/mol. The third kappa shape index (κ3) is 3.47. The van der Waals surface area contributed by atoms with Crippen molar-refractivity contribution in [3.63, 3.8) is 0 Å². The van der Waals surface area contributed by atoms with Gasteiger partial charge in [-0.1, -0.05) is 13.8 Å². The Morgan fingerprint density at radius 3 is 2.48 bits per heavy atom. The number of fused-ring (bicyclic) bond motifs is 1. The zero-order valence-corrected chi connectivity index (χ0v) is 18.2. The number of aryl methyl sites for hydroxylation is 2. The van der Waals surface area contributed by atoms with Crippen LogP contribution in [-0.4, -0.2) is 21.3 Å². The van der Waals surface area contributed by atoms with Gasteiger partial charge < -0.3 is 4.74 Å². The Kier molecular flexibility index (Phi) is 5.24. The average molecular weight is 394 g/mol. The summed E-state index contributed by atoms with van der Waals surface area (Å²) in [4.78, 5) is 13.8. The number of hydrogen-bond acceptors (Lipinski definition) is 3. The number of ether oxygens (including phenoxy) is 1. The van der Waals surface area contributed by atoms with Gasteiger partial charge in [-0.3, -0.25) is 9.36 Å². The van der Waals surface area contributed by atoms with Crippen LogP contribution in [0.3, 0.4) is 0 Å². The van der Waals surface area contributed by atoms with Crippen LogP contribution in [0.5, 0.6) is 5.75 Å². The molecular formula is C24H31N3O2. The Labute approximate surface area is 172 Å². The van der Waals surface area contributed by atoms with E-state index in [0.29, 0.717) is 11.8 Å². The summed E-state index contributed by atoms with van der Waals surface area (Å²) in [5.41, 5.74) is 5.06. The van der Waals surface area contributed by atoms with E-state index in [4.69, 9.17) is 9.84 Å². The van der Waals surface area contributed by atoms with Crippen molar-refractivity contribution in [2.45, 2.75) is 65.8 Å². The summed E-state index contributed by atoms with van der Waals surface area (Å²) >= 11 is 0. The van der Waals surface area contributed by atoms with Gasteiger partial charge in [0.1, 0.15) is 11.3 Å². The van der Waals surface area contributed by atoms with E-state index in [1.165, 1.54) is 12.8 Å². The van der Waals surface area contributed by atoms with Crippen LogP contribution in [0.25, 0.3) is 16.9 Å². The number of rotatable bonds is 7. The molecule has 0 amide bonds. The standard InChI is InChI=1S/C24H31N3O2/c1-6-18(7-2)21-13-16(4)27-22(21)24(28)26(14-17-8-9-17)23(25-27)20-11-10-19(29-5)12-15(20)3/h10-13,17-18H,6-9,14H2,1-5H3. The van der Waals surface area contributed by atoms with Crippen molar-refractivity contribution in [3.05, 3.63) is 51.4 Å². The summed E-state index contributed by atoms with van der Waals surface area (Å²) < 4.78 is 9.16. The predicted molar refractivity (Wildman–Crippen MR) is 117 cm³/mol. The fraction of sp³-hybridized carbons (Fsp3) is 0.500. The van der Waals surface area contributed by atoms with Gasteiger partial charge in [-0.15, -0.1) is 5.10 Å². The van der Waals surface area contributed by atoms with Crippen LogP contribution >= 0.6 is 0 Å². The Bertz CT molecular complexity index is 1100.